The first kappa shape index (κ1) is 16.5. The molecular weight excluding hydrogens is 367 g/mol. The lowest BCUT2D eigenvalue weighted by Gasteiger charge is -2.07. The molecule has 0 bridgehead atoms. The highest BCUT2D eigenvalue weighted by Gasteiger charge is 2.38. The third-order valence-corrected chi connectivity index (χ3v) is 4.03. The Hall–Kier alpha value is -1.84. The second kappa shape index (κ2) is 6.11. The molecule has 22 heavy (non-hydrogen) atoms. The van der Waals surface area contributed by atoms with E-state index >= 15 is 0 Å². The van der Waals surface area contributed by atoms with Crippen LogP contribution in [0.5, 0.6) is 0 Å². The second-order valence-electron chi connectivity index (χ2n) is 4.63. The largest absolute Gasteiger partial charge is 0.436 e. The Labute approximate surface area is 132 Å². The minimum atomic E-state index is -4.57. The summed E-state index contributed by atoms with van der Waals surface area (Å²) >= 11 is 2.86. The van der Waals surface area contributed by atoms with Gasteiger partial charge in [0, 0.05) is 13.2 Å². The molecule has 0 saturated heterocycles. The third kappa shape index (κ3) is 3.49. The fraction of sp³-hybridized carbons (Fsp3) is 0.417. The van der Waals surface area contributed by atoms with Gasteiger partial charge in [-0.2, -0.15) is 23.4 Å². The van der Waals surface area contributed by atoms with Gasteiger partial charge in [-0.05, 0) is 28.9 Å². The number of carbonyl (C=O) groups excluding carboxylic acids is 1. The van der Waals surface area contributed by atoms with Crippen LogP contribution in [-0.4, -0.2) is 25.5 Å². The monoisotopic (exact) mass is 379 g/mol. The molecule has 1 N–H and O–H groups in total. The Morgan fingerprint density at radius 2 is 2.14 bits per heavy atom. The Kier molecular flexibility index (Phi) is 4.59. The van der Waals surface area contributed by atoms with Crippen molar-refractivity contribution in [2.45, 2.75) is 26.2 Å². The van der Waals surface area contributed by atoms with Crippen LogP contribution in [0.4, 0.5) is 13.2 Å². The highest BCUT2D eigenvalue weighted by atomic mass is 79.9. The predicted molar refractivity (Wildman–Crippen MR) is 74.7 cm³/mol. The Morgan fingerprint density at radius 3 is 2.64 bits per heavy atom. The average Bonchev–Trinajstić information content (AvgIpc) is 2.94. The van der Waals surface area contributed by atoms with Gasteiger partial charge in [0.25, 0.3) is 0 Å². The summed E-state index contributed by atoms with van der Waals surface area (Å²) < 4.78 is 40.7. The molecular formula is C12H13BrF3N5O. The van der Waals surface area contributed by atoms with Crippen LogP contribution < -0.4 is 5.32 Å². The molecule has 0 aliphatic rings. The summed E-state index contributed by atoms with van der Waals surface area (Å²) in [7, 11) is 1.73. The van der Waals surface area contributed by atoms with Gasteiger partial charge in [-0.3, -0.25) is 14.2 Å². The molecule has 0 aliphatic carbocycles. The number of halogens is 4. The lowest BCUT2D eigenvalue weighted by atomic mass is 10.3. The SMILES string of the molecule is Cc1c(Br)c(C(F)(F)F)nn1CC(=O)NCc1ccnn1C. The van der Waals surface area contributed by atoms with E-state index in [1.54, 1.807) is 24.0 Å². The molecule has 2 rings (SSSR count). The van der Waals surface area contributed by atoms with E-state index < -0.39 is 17.8 Å². The summed E-state index contributed by atoms with van der Waals surface area (Å²) in [5.41, 5.74) is -0.0184. The van der Waals surface area contributed by atoms with Crippen LogP contribution in [0.3, 0.4) is 0 Å². The number of amides is 1. The van der Waals surface area contributed by atoms with Crippen molar-refractivity contribution >= 4 is 21.8 Å². The molecule has 0 fully saturated rings. The van der Waals surface area contributed by atoms with Crippen LogP contribution in [0.1, 0.15) is 17.1 Å². The van der Waals surface area contributed by atoms with Gasteiger partial charge in [0.2, 0.25) is 5.91 Å². The Bertz CT molecular complexity index is 691. The zero-order valence-corrected chi connectivity index (χ0v) is 13.4. The van der Waals surface area contributed by atoms with Crippen molar-refractivity contribution in [1.82, 2.24) is 24.9 Å². The minimum Gasteiger partial charge on any atom is -0.349 e. The van der Waals surface area contributed by atoms with Crippen molar-refractivity contribution in [3.8, 4) is 0 Å². The summed E-state index contributed by atoms with van der Waals surface area (Å²) in [6.07, 6.45) is -2.98. The van der Waals surface area contributed by atoms with Gasteiger partial charge in [-0.15, -0.1) is 0 Å². The number of hydrogen-bond acceptors (Lipinski definition) is 3. The molecule has 2 aromatic heterocycles. The molecule has 0 radical (unpaired) electrons. The maximum Gasteiger partial charge on any atom is 0.436 e. The zero-order chi connectivity index (χ0) is 16.5. The van der Waals surface area contributed by atoms with Crippen molar-refractivity contribution in [2.24, 2.45) is 7.05 Å². The first-order valence-electron chi connectivity index (χ1n) is 6.24. The molecule has 0 spiro atoms. The van der Waals surface area contributed by atoms with Crippen molar-refractivity contribution in [1.29, 1.82) is 0 Å². The Balaban J connectivity index is 2.04. The minimum absolute atomic E-state index is 0.153. The summed E-state index contributed by atoms with van der Waals surface area (Å²) in [5, 5.41) is 10.0. The summed E-state index contributed by atoms with van der Waals surface area (Å²) in [4.78, 5) is 11.8. The quantitative estimate of drug-likeness (QED) is 0.883. The highest BCUT2D eigenvalue weighted by molar-refractivity contribution is 9.10. The number of alkyl halides is 3. The van der Waals surface area contributed by atoms with E-state index in [-0.39, 0.29) is 23.3 Å². The average molecular weight is 380 g/mol. The fourth-order valence-electron chi connectivity index (χ4n) is 1.82. The molecule has 2 aromatic rings. The van der Waals surface area contributed by atoms with Gasteiger partial charge >= 0.3 is 6.18 Å². The van der Waals surface area contributed by atoms with Gasteiger partial charge in [-0.25, -0.2) is 0 Å². The molecule has 1 amide bonds. The number of aryl methyl sites for hydroxylation is 1. The molecule has 0 aliphatic heterocycles. The number of nitrogens with one attached hydrogen (secondary N) is 1. The van der Waals surface area contributed by atoms with Crippen LogP contribution in [0.15, 0.2) is 16.7 Å². The summed E-state index contributed by atoms with van der Waals surface area (Å²) in [6.45, 7) is 1.40. The fourth-order valence-corrected chi connectivity index (χ4v) is 2.32. The second-order valence-corrected chi connectivity index (χ2v) is 5.42. The predicted octanol–water partition coefficient (Wildman–Crippen LogP) is 2.02. The summed E-state index contributed by atoms with van der Waals surface area (Å²) in [5.74, 6) is -0.437. The van der Waals surface area contributed by atoms with Crippen LogP contribution in [0.25, 0.3) is 0 Å². The molecule has 6 nitrogen and oxygen atoms in total. The first-order valence-corrected chi connectivity index (χ1v) is 7.03. The van der Waals surface area contributed by atoms with Crippen molar-refractivity contribution in [3.63, 3.8) is 0 Å². The normalized spacial score (nSPS) is 11.7. The smallest absolute Gasteiger partial charge is 0.349 e. The van der Waals surface area contributed by atoms with Gasteiger partial charge in [0.05, 0.1) is 22.4 Å². The van der Waals surface area contributed by atoms with Gasteiger partial charge in [-0.1, -0.05) is 0 Å². The molecule has 0 aromatic carbocycles. The van der Waals surface area contributed by atoms with Gasteiger partial charge in [0.15, 0.2) is 5.69 Å². The van der Waals surface area contributed by atoms with E-state index in [1.165, 1.54) is 6.92 Å². The van der Waals surface area contributed by atoms with E-state index in [2.05, 4.69) is 31.4 Å². The third-order valence-electron chi connectivity index (χ3n) is 3.08. The number of nitrogens with zero attached hydrogens (tertiary/aromatic N) is 4. The maximum atomic E-state index is 12.7. The molecule has 0 saturated carbocycles. The van der Waals surface area contributed by atoms with E-state index in [0.29, 0.717) is 0 Å². The molecule has 2 heterocycles. The standard InChI is InChI=1S/C12H13BrF3N5O/c1-7-10(13)11(12(14,15)16)19-21(7)6-9(22)17-5-8-3-4-18-20(8)2/h3-4H,5-6H2,1-2H3,(H,17,22). The van der Waals surface area contributed by atoms with Crippen LogP contribution in [-0.2, 0) is 31.1 Å². The van der Waals surface area contributed by atoms with E-state index in [4.69, 9.17) is 0 Å². The van der Waals surface area contributed by atoms with E-state index in [0.717, 1.165) is 10.4 Å². The molecule has 120 valence electrons. The topological polar surface area (TPSA) is 64.7 Å². The van der Waals surface area contributed by atoms with Crippen LogP contribution in [0.2, 0.25) is 0 Å². The van der Waals surface area contributed by atoms with Gasteiger partial charge < -0.3 is 5.32 Å². The van der Waals surface area contributed by atoms with Gasteiger partial charge in [0.1, 0.15) is 6.54 Å². The van der Waals surface area contributed by atoms with E-state index in [9.17, 15) is 18.0 Å². The summed E-state index contributed by atoms with van der Waals surface area (Å²) in [6, 6.07) is 1.73. The zero-order valence-electron chi connectivity index (χ0n) is 11.8. The van der Waals surface area contributed by atoms with Crippen molar-refractivity contribution in [2.75, 3.05) is 0 Å². The molecule has 0 unspecified atom stereocenters. The number of carbonyl (C=O) groups is 1. The lowest BCUT2D eigenvalue weighted by Crippen LogP contribution is -2.28. The molecule has 0 atom stereocenters. The number of hydrogen-bond donors (Lipinski definition) is 1. The maximum absolute atomic E-state index is 12.7. The van der Waals surface area contributed by atoms with Crippen LogP contribution in [0, 0.1) is 6.92 Å². The van der Waals surface area contributed by atoms with Crippen LogP contribution >= 0.6 is 15.9 Å². The first-order chi connectivity index (χ1) is 10.2. The van der Waals surface area contributed by atoms with Crippen molar-refractivity contribution in [3.05, 3.63) is 33.8 Å². The lowest BCUT2D eigenvalue weighted by molar-refractivity contribution is -0.142. The van der Waals surface area contributed by atoms with Crippen molar-refractivity contribution < 1.29 is 18.0 Å². The van der Waals surface area contributed by atoms with E-state index in [1.807, 2.05) is 0 Å². The molecule has 10 heteroatoms. The Morgan fingerprint density at radius 1 is 1.45 bits per heavy atom. The number of rotatable bonds is 4. The number of aromatic nitrogens is 4. The highest BCUT2D eigenvalue weighted by Crippen LogP contribution is 2.35.